The molecule has 3 nitrogen and oxygen atoms in total. The summed E-state index contributed by atoms with van der Waals surface area (Å²) in [6, 6.07) is 21.4. The Morgan fingerprint density at radius 1 is 0.909 bits per heavy atom. The van der Waals surface area contributed by atoms with Gasteiger partial charge in [0.25, 0.3) is 0 Å². The average Bonchev–Trinajstić information content (AvgIpc) is 3.30. The minimum atomic E-state index is 0.0653. The molecule has 5 rings (SSSR count). The van der Waals surface area contributed by atoms with Gasteiger partial charge in [-0.3, -0.25) is 4.99 Å². The lowest BCUT2D eigenvalue weighted by Gasteiger charge is -2.32. The van der Waals surface area contributed by atoms with Gasteiger partial charge in [0, 0.05) is 24.2 Å². The van der Waals surface area contributed by atoms with Crippen molar-refractivity contribution in [3.63, 3.8) is 0 Å². The summed E-state index contributed by atoms with van der Waals surface area (Å²) >= 11 is 0. The van der Waals surface area contributed by atoms with Gasteiger partial charge >= 0.3 is 0 Å². The Balaban J connectivity index is 1.62. The van der Waals surface area contributed by atoms with Crippen molar-refractivity contribution in [2.45, 2.75) is 31.8 Å². The largest absolute Gasteiger partial charge is 0.331 e. The molecule has 3 aliphatic rings. The third kappa shape index (κ3) is 4.99. The maximum absolute atomic E-state index is 5.28. The molecule has 2 aromatic carbocycles. The summed E-state index contributed by atoms with van der Waals surface area (Å²) in [4.78, 5) is 7.78. The maximum atomic E-state index is 5.28. The van der Waals surface area contributed by atoms with Gasteiger partial charge in [-0.15, -0.1) is 0 Å². The summed E-state index contributed by atoms with van der Waals surface area (Å²) in [6.07, 6.45) is 18.7. The summed E-state index contributed by atoms with van der Waals surface area (Å²) < 4.78 is 0. The molecular formula is C30H31N3. The number of amidine groups is 1. The molecule has 1 saturated heterocycles. The van der Waals surface area contributed by atoms with Crippen molar-refractivity contribution in [1.82, 2.24) is 10.2 Å². The zero-order valence-corrected chi connectivity index (χ0v) is 19.0. The van der Waals surface area contributed by atoms with Crippen LogP contribution < -0.4 is 5.32 Å². The number of aliphatic imine (C=N–C) groups is 1. The van der Waals surface area contributed by atoms with Gasteiger partial charge in [0.2, 0.25) is 0 Å². The summed E-state index contributed by atoms with van der Waals surface area (Å²) in [6.45, 7) is 2.60. The van der Waals surface area contributed by atoms with Crippen molar-refractivity contribution in [3.05, 3.63) is 131 Å². The fourth-order valence-electron chi connectivity index (χ4n) is 4.73. The first-order valence-electron chi connectivity index (χ1n) is 12.0. The van der Waals surface area contributed by atoms with Crippen LogP contribution in [0, 0.1) is 0 Å². The molecule has 1 unspecified atom stereocenters. The Hall–Kier alpha value is -3.43. The Morgan fingerprint density at radius 2 is 1.70 bits per heavy atom. The van der Waals surface area contributed by atoms with Gasteiger partial charge in [0.1, 0.15) is 5.84 Å². The minimum absolute atomic E-state index is 0.0653. The molecule has 2 aliphatic carbocycles. The van der Waals surface area contributed by atoms with Crippen LogP contribution >= 0.6 is 0 Å². The van der Waals surface area contributed by atoms with E-state index in [4.69, 9.17) is 4.99 Å². The van der Waals surface area contributed by atoms with Crippen molar-refractivity contribution < 1.29 is 0 Å². The number of nitrogens with one attached hydrogen (secondary N) is 1. The molecule has 3 heteroatoms. The van der Waals surface area contributed by atoms with Crippen LogP contribution in [-0.4, -0.2) is 23.8 Å². The topological polar surface area (TPSA) is 27.6 Å². The van der Waals surface area contributed by atoms with Crippen LogP contribution in [-0.2, 0) is 6.54 Å². The molecule has 2 aromatic rings. The highest BCUT2D eigenvalue weighted by Gasteiger charge is 2.29. The van der Waals surface area contributed by atoms with Crippen LogP contribution in [0.1, 0.15) is 36.4 Å². The molecule has 0 amide bonds. The first-order chi connectivity index (χ1) is 16.4. The standard InChI is InChI=1S/C30H31N3/c1-4-13-24(14-5-1)23-32-30-29(26-17-7-2-8-18-26)31-21-12-22-33(30)28-20-11-10-16-25-15-6-3-9-19-27(25)28/h1-2,4-11,13-19,29,31H,3,12,20-23H2. The van der Waals surface area contributed by atoms with E-state index in [2.05, 4.69) is 113 Å². The first kappa shape index (κ1) is 21.4. The predicted molar refractivity (Wildman–Crippen MR) is 138 cm³/mol. The van der Waals surface area contributed by atoms with E-state index in [1.165, 1.54) is 28.0 Å². The van der Waals surface area contributed by atoms with Gasteiger partial charge < -0.3 is 10.2 Å². The van der Waals surface area contributed by atoms with Gasteiger partial charge in [0.05, 0.1) is 12.6 Å². The van der Waals surface area contributed by atoms with Gasteiger partial charge in [-0.25, -0.2) is 0 Å². The Kier molecular flexibility index (Phi) is 6.79. The Bertz CT molecular complexity index is 1130. The SMILES string of the molecule is C1=CCC(N2CCCNC(c3ccccc3)C2=NCc2ccccc2)=C2C=CCC=CC2=C1. The number of hydrogen-bond donors (Lipinski definition) is 1. The molecular weight excluding hydrogens is 402 g/mol. The summed E-state index contributed by atoms with van der Waals surface area (Å²) in [5, 5.41) is 3.79. The smallest absolute Gasteiger partial charge is 0.125 e. The van der Waals surface area contributed by atoms with E-state index >= 15 is 0 Å². The van der Waals surface area contributed by atoms with E-state index in [9.17, 15) is 0 Å². The lowest BCUT2D eigenvalue weighted by atomic mass is 10.0. The highest BCUT2D eigenvalue weighted by molar-refractivity contribution is 5.91. The zero-order valence-electron chi connectivity index (χ0n) is 19.0. The number of fused-ring (bicyclic) bond motifs is 1. The molecule has 1 heterocycles. The number of hydrogen-bond acceptors (Lipinski definition) is 2. The highest BCUT2D eigenvalue weighted by Crippen LogP contribution is 2.32. The summed E-state index contributed by atoms with van der Waals surface area (Å²) in [7, 11) is 0. The Labute approximate surface area is 197 Å². The molecule has 1 aliphatic heterocycles. The maximum Gasteiger partial charge on any atom is 0.125 e. The monoisotopic (exact) mass is 433 g/mol. The van der Waals surface area contributed by atoms with Crippen molar-refractivity contribution in [2.75, 3.05) is 13.1 Å². The quantitative estimate of drug-likeness (QED) is 0.615. The third-order valence-corrected chi connectivity index (χ3v) is 6.37. The fraction of sp³-hybridized carbons (Fsp3) is 0.233. The number of nitrogens with zero attached hydrogens (tertiary/aromatic N) is 2. The van der Waals surface area contributed by atoms with E-state index in [-0.39, 0.29) is 6.04 Å². The van der Waals surface area contributed by atoms with Crippen molar-refractivity contribution in [2.24, 2.45) is 4.99 Å². The van der Waals surface area contributed by atoms with Crippen LogP contribution in [0.15, 0.2) is 125 Å². The molecule has 166 valence electrons. The molecule has 1 N–H and O–H groups in total. The highest BCUT2D eigenvalue weighted by atomic mass is 15.2. The van der Waals surface area contributed by atoms with E-state index in [0.29, 0.717) is 6.54 Å². The second kappa shape index (κ2) is 10.5. The second-order valence-electron chi connectivity index (χ2n) is 8.62. The van der Waals surface area contributed by atoms with E-state index in [1.54, 1.807) is 0 Å². The van der Waals surface area contributed by atoms with E-state index < -0.39 is 0 Å². The lowest BCUT2D eigenvalue weighted by Crippen LogP contribution is -2.38. The molecule has 1 fully saturated rings. The molecule has 0 spiro atoms. The van der Waals surface area contributed by atoms with Crippen molar-refractivity contribution >= 4 is 5.84 Å². The van der Waals surface area contributed by atoms with Crippen molar-refractivity contribution in [3.8, 4) is 0 Å². The number of allylic oxidation sites excluding steroid dienone is 9. The van der Waals surface area contributed by atoms with Crippen LogP contribution in [0.5, 0.6) is 0 Å². The second-order valence-corrected chi connectivity index (χ2v) is 8.62. The number of rotatable bonds is 4. The molecule has 0 saturated carbocycles. The van der Waals surface area contributed by atoms with Crippen LogP contribution in [0.3, 0.4) is 0 Å². The molecule has 1 atom stereocenters. The first-order valence-corrected chi connectivity index (χ1v) is 12.0. The fourth-order valence-corrected chi connectivity index (χ4v) is 4.73. The van der Waals surface area contributed by atoms with Crippen LogP contribution in [0.4, 0.5) is 0 Å². The molecule has 0 aromatic heterocycles. The number of benzene rings is 2. The van der Waals surface area contributed by atoms with Crippen molar-refractivity contribution in [1.29, 1.82) is 0 Å². The normalized spacial score (nSPS) is 21.9. The zero-order chi connectivity index (χ0) is 22.3. The van der Waals surface area contributed by atoms with Gasteiger partial charge in [-0.1, -0.05) is 103 Å². The van der Waals surface area contributed by atoms with Gasteiger partial charge in [0.15, 0.2) is 0 Å². The minimum Gasteiger partial charge on any atom is -0.331 e. The van der Waals surface area contributed by atoms with Crippen LogP contribution in [0.2, 0.25) is 0 Å². The average molecular weight is 434 g/mol. The summed E-state index contributed by atoms with van der Waals surface area (Å²) in [5.41, 5.74) is 6.43. The summed E-state index contributed by atoms with van der Waals surface area (Å²) in [5.74, 6) is 1.11. The van der Waals surface area contributed by atoms with Gasteiger partial charge in [-0.05, 0) is 36.1 Å². The lowest BCUT2D eigenvalue weighted by molar-refractivity contribution is 0.490. The predicted octanol–water partition coefficient (Wildman–Crippen LogP) is 6.28. The van der Waals surface area contributed by atoms with Crippen LogP contribution in [0.25, 0.3) is 0 Å². The molecule has 33 heavy (non-hydrogen) atoms. The molecule has 0 bridgehead atoms. The van der Waals surface area contributed by atoms with E-state index in [0.717, 1.165) is 38.2 Å². The third-order valence-electron chi connectivity index (χ3n) is 6.37. The molecule has 0 radical (unpaired) electrons. The van der Waals surface area contributed by atoms with Gasteiger partial charge in [-0.2, -0.15) is 0 Å². The van der Waals surface area contributed by atoms with E-state index in [1.807, 2.05) is 0 Å². The Morgan fingerprint density at radius 3 is 2.55 bits per heavy atom.